The fourth-order valence-electron chi connectivity index (χ4n) is 1.78. The molecule has 1 aliphatic heterocycles. The highest BCUT2D eigenvalue weighted by atomic mass is 127. The van der Waals surface area contributed by atoms with Crippen molar-refractivity contribution in [1.29, 1.82) is 0 Å². The molecule has 1 atom stereocenters. The number of aryl methyl sites for hydroxylation is 1. The van der Waals surface area contributed by atoms with Crippen molar-refractivity contribution < 1.29 is 0 Å². The van der Waals surface area contributed by atoms with Crippen LogP contribution in [-0.2, 0) is 0 Å². The van der Waals surface area contributed by atoms with Crippen LogP contribution in [-0.4, -0.2) is 10.3 Å². The average Bonchev–Trinajstić information content (AvgIpc) is 2.82. The molecule has 3 rings (SSSR count). The van der Waals surface area contributed by atoms with E-state index in [0.717, 1.165) is 21.7 Å². The molecule has 2 aromatic carbocycles. The van der Waals surface area contributed by atoms with Crippen LogP contribution in [0, 0.1) is 6.92 Å². The van der Waals surface area contributed by atoms with E-state index >= 15 is 0 Å². The van der Waals surface area contributed by atoms with Crippen LogP contribution < -0.4 is 10.6 Å². The lowest BCUT2D eigenvalue weighted by atomic mass is 10.2. The number of hydrogen-bond donors (Lipinski definition) is 2. The maximum Gasteiger partial charge on any atom is 0.179 e. The van der Waals surface area contributed by atoms with Crippen molar-refractivity contribution in [3.63, 3.8) is 0 Å². The van der Waals surface area contributed by atoms with E-state index in [2.05, 4.69) is 68.0 Å². The number of nitrogens with one attached hydrogen (secondary N) is 2. The number of benzene rings is 2. The molecule has 6 heteroatoms. The van der Waals surface area contributed by atoms with Gasteiger partial charge in [0.25, 0.3) is 0 Å². The summed E-state index contributed by atoms with van der Waals surface area (Å²) in [5.74, 6) is 0. The molecular formula is C15H14IN3S2. The van der Waals surface area contributed by atoms with Crippen LogP contribution in [0.2, 0.25) is 0 Å². The molecule has 2 aromatic rings. The van der Waals surface area contributed by atoms with Gasteiger partial charge >= 0.3 is 0 Å². The summed E-state index contributed by atoms with van der Waals surface area (Å²) in [6.07, 6.45) is 0. The van der Waals surface area contributed by atoms with Crippen molar-refractivity contribution in [1.82, 2.24) is 0 Å². The Bertz CT molecular complexity index is 697. The number of hydrogen-bond acceptors (Lipinski definition) is 4. The average molecular weight is 427 g/mol. The van der Waals surface area contributed by atoms with Crippen LogP contribution >= 0.6 is 38.7 Å². The zero-order valence-corrected chi connectivity index (χ0v) is 15.1. The molecule has 0 amide bonds. The molecule has 0 radical (unpaired) electrons. The topological polar surface area (TPSA) is 36.4 Å². The second-order valence-corrected chi connectivity index (χ2v) is 11.8. The number of nitrogens with zero attached hydrogens (tertiary/aromatic N) is 1. The maximum atomic E-state index is 4.66. The van der Waals surface area contributed by atoms with E-state index in [9.17, 15) is 0 Å². The molecule has 2 N–H and O–H groups in total. The highest BCUT2D eigenvalue weighted by Crippen LogP contribution is 2.45. The molecule has 1 aliphatic rings. The Morgan fingerprint density at radius 3 is 2.33 bits per heavy atom. The Hall–Kier alpha value is -0.990. The first-order chi connectivity index (χ1) is 10.2. The lowest BCUT2D eigenvalue weighted by Crippen LogP contribution is -2.10. The van der Waals surface area contributed by atoms with E-state index in [1.807, 2.05) is 30.3 Å². The quantitative estimate of drug-likeness (QED) is 0.391. The van der Waals surface area contributed by atoms with Gasteiger partial charge in [-0.3, -0.25) is 0 Å². The zero-order valence-electron chi connectivity index (χ0n) is 11.3. The third-order valence-electron chi connectivity index (χ3n) is 2.84. The van der Waals surface area contributed by atoms with Crippen molar-refractivity contribution in [3.05, 3.63) is 60.2 Å². The molecule has 0 aromatic heterocycles. The Labute approximate surface area is 142 Å². The lowest BCUT2D eigenvalue weighted by molar-refractivity contribution is 1.46. The van der Waals surface area contributed by atoms with Gasteiger partial charge < -0.3 is 10.6 Å². The van der Waals surface area contributed by atoms with Gasteiger partial charge in [-0.05, 0) is 48.7 Å². The summed E-state index contributed by atoms with van der Waals surface area (Å²) in [6.45, 7) is 2.09. The number of rotatable bonds is 2. The number of amidine groups is 1. The van der Waals surface area contributed by atoms with Gasteiger partial charge in [0.2, 0.25) is 0 Å². The third kappa shape index (κ3) is 4.02. The van der Waals surface area contributed by atoms with E-state index < -0.39 is 0 Å². The van der Waals surface area contributed by atoms with Crippen LogP contribution in [0.5, 0.6) is 0 Å². The van der Waals surface area contributed by atoms with E-state index in [0.29, 0.717) is 0 Å². The fourth-order valence-corrected chi connectivity index (χ4v) is 5.99. The van der Waals surface area contributed by atoms with E-state index in [1.165, 1.54) is 5.56 Å². The monoisotopic (exact) mass is 427 g/mol. The highest BCUT2D eigenvalue weighted by Gasteiger charge is 2.16. The predicted octanol–water partition coefficient (Wildman–Crippen LogP) is 5.24. The summed E-state index contributed by atoms with van der Waals surface area (Å²) in [6, 6.07) is 18.5. The van der Waals surface area contributed by atoms with Gasteiger partial charge in [-0.25, -0.2) is 0 Å². The molecular weight excluding hydrogens is 413 g/mol. The number of anilines is 2. The van der Waals surface area contributed by atoms with Gasteiger partial charge in [0.1, 0.15) is 0 Å². The molecule has 0 saturated carbocycles. The van der Waals surface area contributed by atoms with Gasteiger partial charge in [0.05, 0.1) is 0 Å². The van der Waals surface area contributed by atoms with Crippen molar-refractivity contribution in [3.8, 4) is 0 Å². The Morgan fingerprint density at radius 2 is 1.62 bits per heavy atom. The van der Waals surface area contributed by atoms with Crippen LogP contribution in [0.1, 0.15) is 5.56 Å². The molecule has 0 saturated heterocycles. The number of halogens is 1. The molecule has 1 unspecified atom stereocenters. The normalized spacial score (nSPS) is 17.5. The largest absolute Gasteiger partial charge is 0.334 e. The smallest absolute Gasteiger partial charge is 0.179 e. The van der Waals surface area contributed by atoms with Crippen LogP contribution in [0.25, 0.3) is 0 Å². The van der Waals surface area contributed by atoms with Crippen molar-refractivity contribution >= 4 is 60.3 Å². The number of para-hydroxylation sites is 1. The predicted molar refractivity (Wildman–Crippen MR) is 107 cm³/mol. The van der Waals surface area contributed by atoms with Gasteiger partial charge in [0, 0.05) is 32.6 Å². The fraction of sp³-hybridized carbons (Fsp3) is 0.0667. The summed E-state index contributed by atoms with van der Waals surface area (Å²) < 4.78 is 0. The first-order valence-corrected chi connectivity index (χ1v) is 11.5. The van der Waals surface area contributed by atoms with Crippen molar-refractivity contribution in [2.75, 3.05) is 10.6 Å². The lowest BCUT2D eigenvalue weighted by Gasteiger charge is -2.05. The minimum absolute atomic E-state index is 0.00582. The second kappa shape index (κ2) is 6.85. The third-order valence-corrected chi connectivity index (χ3v) is 8.09. The molecule has 0 bridgehead atoms. The first kappa shape index (κ1) is 14.9. The van der Waals surface area contributed by atoms with Gasteiger partial charge in [-0.2, -0.15) is 4.99 Å². The number of aliphatic imine (C=N–C) groups is 1. The molecule has 21 heavy (non-hydrogen) atoms. The molecule has 0 fully saturated rings. The second-order valence-electron chi connectivity index (χ2n) is 4.51. The van der Waals surface area contributed by atoms with Crippen molar-refractivity contribution in [2.45, 2.75) is 6.92 Å². The van der Waals surface area contributed by atoms with Gasteiger partial charge in [-0.15, -0.1) is 0 Å². The summed E-state index contributed by atoms with van der Waals surface area (Å²) in [5.41, 5.74) is 3.40. The first-order valence-electron chi connectivity index (χ1n) is 6.41. The Morgan fingerprint density at radius 1 is 0.952 bits per heavy atom. The van der Waals surface area contributed by atoms with Crippen LogP contribution in [0.4, 0.5) is 11.4 Å². The molecule has 0 spiro atoms. The summed E-state index contributed by atoms with van der Waals surface area (Å²) in [7, 11) is 1.74. The summed E-state index contributed by atoms with van der Waals surface area (Å²) >= 11 is 2.42. The highest BCUT2D eigenvalue weighted by molar-refractivity contribution is 14.2. The SMILES string of the molecule is Cc1ccc(NC2=S(I)SC(Nc3ccccc3)=N2)cc1. The van der Waals surface area contributed by atoms with Gasteiger partial charge in [-0.1, -0.05) is 35.9 Å². The van der Waals surface area contributed by atoms with Crippen LogP contribution in [0.15, 0.2) is 59.6 Å². The summed E-state index contributed by atoms with van der Waals surface area (Å²) in [4.78, 5) is 4.66. The van der Waals surface area contributed by atoms with E-state index in [1.54, 1.807) is 10.8 Å². The molecule has 1 heterocycles. The van der Waals surface area contributed by atoms with Gasteiger partial charge in [0.15, 0.2) is 10.3 Å². The van der Waals surface area contributed by atoms with Crippen LogP contribution in [0.3, 0.4) is 0 Å². The minimum Gasteiger partial charge on any atom is -0.334 e. The molecule has 108 valence electrons. The Balaban J connectivity index is 1.70. The van der Waals surface area contributed by atoms with Crippen molar-refractivity contribution in [2.24, 2.45) is 4.99 Å². The summed E-state index contributed by atoms with van der Waals surface area (Å²) in [5, 5.41) is 8.70. The molecule has 0 aliphatic carbocycles. The van der Waals surface area contributed by atoms with E-state index in [4.69, 9.17) is 0 Å². The zero-order chi connectivity index (χ0) is 14.7. The standard InChI is InChI=1S/C15H14IN3S2/c1-11-7-9-13(10-8-11)18-15-19-14(20-21(15)16)17-12-5-3-2-4-6-12/h2-10,18H,1H3,(H,17,19). The Kier molecular flexibility index (Phi) is 4.87. The van der Waals surface area contributed by atoms with E-state index in [-0.39, 0.29) is 6.69 Å². The maximum absolute atomic E-state index is 4.66. The molecule has 3 nitrogen and oxygen atoms in total. The minimum atomic E-state index is 0.00582.